The van der Waals surface area contributed by atoms with Crippen LogP contribution in [-0.2, 0) is 14.3 Å². The Morgan fingerprint density at radius 2 is 1.81 bits per heavy atom. The van der Waals surface area contributed by atoms with Gasteiger partial charge >= 0.3 is 11.9 Å². The van der Waals surface area contributed by atoms with Crippen molar-refractivity contribution in [3.63, 3.8) is 0 Å². The first-order valence-corrected chi connectivity index (χ1v) is 8.32. The first-order valence-electron chi connectivity index (χ1n) is 7.53. The molecule has 0 aliphatic rings. The fourth-order valence-corrected chi connectivity index (χ4v) is 2.74. The zero-order chi connectivity index (χ0) is 19.3. The van der Waals surface area contributed by atoms with Crippen LogP contribution in [0.2, 0.25) is 0 Å². The molecule has 0 atom stereocenters. The van der Waals surface area contributed by atoms with Crippen LogP contribution in [0.25, 0.3) is 11.6 Å². The number of rotatable bonds is 5. The van der Waals surface area contributed by atoms with E-state index in [1.165, 1.54) is 32.2 Å². The Bertz CT molecular complexity index is 905. The van der Waals surface area contributed by atoms with Crippen molar-refractivity contribution < 1.29 is 24.2 Å². The van der Waals surface area contributed by atoms with Gasteiger partial charge in [0.2, 0.25) is 5.91 Å². The molecule has 0 radical (unpaired) electrons. The van der Waals surface area contributed by atoms with Crippen LogP contribution in [0.3, 0.4) is 0 Å². The molecular formula is C19H16BrNO5. The Kier molecular flexibility index (Phi) is 6.30. The average molecular weight is 418 g/mol. The van der Waals surface area contributed by atoms with Gasteiger partial charge in [0.1, 0.15) is 0 Å². The van der Waals surface area contributed by atoms with Crippen molar-refractivity contribution in [3.8, 4) is 0 Å². The molecule has 0 fully saturated rings. The molecular weight excluding hydrogens is 402 g/mol. The van der Waals surface area contributed by atoms with Gasteiger partial charge in [0, 0.05) is 22.6 Å². The van der Waals surface area contributed by atoms with Crippen LogP contribution in [0, 0.1) is 0 Å². The summed E-state index contributed by atoms with van der Waals surface area (Å²) < 4.78 is 5.57. The number of amides is 1. The molecule has 0 aliphatic carbocycles. The van der Waals surface area contributed by atoms with E-state index in [1.807, 2.05) is 6.07 Å². The topological polar surface area (TPSA) is 92.7 Å². The van der Waals surface area contributed by atoms with Crippen molar-refractivity contribution >= 4 is 51.1 Å². The van der Waals surface area contributed by atoms with Crippen molar-refractivity contribution in [1.29, 1.82) is 0 Å². The van der Waals surface area contributed by atoms with Gasteiger partial charge in [0.05, 0.1) is 18.2 Å². The number of benzene rings is 2. The number of halogens is 1. The van der Waals surface area contributed by atoms with Gasteiger partial charge in [0.25, 0.3) is 0 Å². The molecule has 0 unspecified atom stereocenters. The lowest BCUT2D eigenvalue weighted by Gasteiger charge is -2.12. The quantitative estimate of drug-likeness (QED) is 0.438. The van der Waals surface area contributed by atoms with Crippen LogP contribution in [0.1, 0.15) is 28.4 Å². The number of hydrogen-bond donors (Lipinski definition) is 2. The minimum atomic E-state index is -1.23. The van der Waals surface area contributed by atoms with E-state index in [0.29, 0.717) is 11.3 Å². The number of anilines is 1. The second-order valence-corrected chi connectivity index (χ2v) is 6.17. The first-order chi connectivity index (χ1) is 12.3. The number of esters is 1. The molecule has 0 spiro atoms. The molecule has 0 aromatic heterocycles. The summed E-state index contributed by atoms with van der Waals surface area (Å²) in [6.07, 6.45) is 1.55. The van der Waals surface area contributed by atoms with E-state index >= 15 is 0 Å². The fraction of sp³-hybridized carbons (Fsp3) is 0.105. The smallest absolute Gasteiger partial charge is 0.338 e. The number of ether oxygens (including phenoxy) is 1. The maximum absolute atomic E-state index is 12.3. The van der Waals surface area contributed by atoms with Crippen LogP contribution in [-0.4, -0.2) is 30.1 Å². The maximum Gasteiger partial charge on any atom is 0.338 e. The predicted octanol–water partition coefficient (Wildman–Crippen LogP) is 3.82. The number of carbonyl (C=O) groups excluding carboxylic acids is 2. The largest absolute Gasteiger partial charge is 0.478 e. The van der Waals surface area contributed by atoms with Gasteiger partial charge in [-0.15, -0.1) is 0 Å². The first kappa shape index (κ1) is 19.4. The minimum Gasteiger partial charge on any atom is -0.478 e. The zero-order valence-electron chi connectivity index (χ0n) is 14.1. The van der Waals surface area contributed by atoms with E-state index in [4.69, 9.17) is 4.74 Å². The molecule has 2 aromatic rings. The molecule has 0 heterocycles. The number of aromatic carboxylic acids is 1. The maximum atomic E-state index is 12.3. The third-order valence-electron chi connectivity index (χ3n) is 3.47. The molecule has 2 aromatic carbocycles. The van der Waals surface area contributed by atoms with Gasteiger partial charge < -0.3 is 15.2 Å². The van der Waals surface area contributed by atoms with Crippen molar-refractivity contribution in [3.05, 3.63) is 63.6 Å². The highest BCUT2D eigenvalue weighted by molar-refractivity contribution is 9.10. The lowest BCUT2D eigenvalue weighted by molar-refractivity contribution is -0.133. The van der Waals surface area contributed by atoms with Crippen LogP contribution in [0.5, 0.6) is 0 Å². The Hall–Kier alpha value is -2.93. The Morgan fingerprint density at radius 3 is 2.38 bits per heavy atom. The zero-order valence-corrected chi connectivity index (χ0v) is 15.7. The molecule has 26 heavy (non-hydrogen) atoms. The molecule has 0 saturated carbocycles. The molecule has 2 rings (SSSR count). The highest BCUT2D eigenvalue weighted by Crippen LogP contribution is 2.28. The lowest BCUT2D eigenvalue weighted by atomic mass is 9.97. The molecule has 6 nitrogen and oxygen atoms in total. The number of nitrogens with one attached hydrogen (secondary N) is 1. The van der Waals surface area contributed by atoms with E-state index in [9.17, 15) is 19.5 Å². The minimum absolute atomic E-state index is 0.0891. The van der Waals surface area contributed by atoms with E-state index in [-0.39, 0.29) is 22.6 Å². The number of carbonyl (C=O) groups is 3. The number of hydrogen-bond acceptors (Lipinski definition) is 4. The second-order valence-electron chi connectivity index (χ2n) is 5.32. The van der Waals surface area contributed by atoms with Crippen molar-refractivity contribution in [2.24, 2.45) is 0 Å². The summed E-state index contributed by atoms with van der Waals surface area (Å²) >= 11 is 3.39. The molecule has 0 bridgehead atoms. The summed E-state index contributed by atoms with van der Waals surface area (Å²) in [6, 6.07) is 11.5. The van der Waals surface area contributed by atoms with Gasteiger partial charge in [0.15, 0.2) is 0 Å². The third kappa shape index (κ3) is 4.58. The van der Waals surface area contributed by atoms with E-state index in [2.05, 4.69) is 21.2 Å². The van der Waals surface area contributed by atoms with Crippen LogP contribution < -0.4 is 5.32 Å². The Morgan fingerprint density at radius 1 is 1.12 bits per heavy atom. The van der Waals surface area contributed by atoms with E-state index in [1.54, 1.807) is 24.3 Å². The fourth-order valence-electron chi connectivity index (χ4n) is 2.34. The molecule has 134 valence electrons. The summed E-state index contributed by atoms with van der Waals surface area (Å²) in [7, 11) is 1.22. The molecule has 2 N–H and O–H groups in total. The van der Waals surface area contributed by atoms with Crippen LogP contribution in [0.15, 0.2) is 46.9 Å². The van der Waals surface area contributed by atoms with E-state index < -0.39 is 11.9 Å². The summed E-state index contributed by atoms with van der Waals surface area (Å²) in [5.74, 6) is -2.23. The molecule has 1 amide bonds. The predicted molar refractivity (Wildman–Crippen MR) is 102 cm³/mol. The number of carboxylic acids is 1. The standard InChI is InChI=1S/C19H16BrNO5/c1-11(22)21-13-7-8-14(15(10-13)18(23)24)16(19(25)26-2)9-12-5-3-4-6-17(12)20/h3-10H,1-2H3,(H,21,22)(H,23,24). The monoisotopic (exact) mass is 417 g/mol. The van der Waals surface area contributed by atoms with Crippen molar-refractivity contribution in [1.82, 2.24) is 0 Å². The van der Waals surface area contributed by atoms with Gasteiger partial charge in [-0.05, 0) is 29.8 Å². The molecule has 0 saturated heterocycles. The summed E-state index contributed by atoms with van der Waals surface area (Å²) in [4.78, 5) is 35.2. The van der Waals surface area contributed by atoms with Gasteiger partial charge in [-0.1, -0.05) is 40.2 Å². The van der Waals surface area contributed by atoms with Crippen LogP contribution in [0.4, 0.5) is 5.69 Å². The number of methoxy groups -OCH3 is 1. The Labute approximate surface area is 158 Å². The highest BCUT2D eigenvalue weighted by Gasteiger charge is 2.21. The lowest BCUT2D eigenvalue weighted by Crippen LogP contribution is -2.11. The third-order valence-corrected chi connectivity index (χ3v) is 4.19. The van der Waals surface area contributed by atoms with Gasteiger partial charge in [-0.3, -0.25) is 4.79 Å². The van der Waals surface area contributed by atoms with Crippen LogP contribution >= 0.6 is 15.9 Å². The molecule has 0 aliphatic heterocycles. The summed E-state index contributed by atoms with van der Waals surface area (Å²) in [5.41, 5.74) is 1.17. The van der Waals surface area contributed by atoms with Gasteiger partial charge in [-0.2, -0.15) is 0 Å². The number of carboxylic acid groups (broad SMARTS) is 1. The van der Waals surface area contributed by atoms with Crippen molar-refractivity contribution in [2.75, 3.05) is 12.4 Å². The summed E-state index contributed by atoms with van der Waals surface area (Å²) in [6.45, 7) is 1.32. The SMILES string of the molecule is COC(=O)C(=Cc1ccccc1Br)c1ccc(NC(C)=O)cc1C(=O)O. The average Bonchev–Trinajstić information content (AvgIpc) is 2.60. The molecule has 7 heteroatoms. The highest BCUT2D eigenvalue weighted by atomic mass is 79.9. The normalized spacial score (nSPS) is 11.0. The van der Waals surface area contributed by atoms with Gasteiger partial charge in [-0.25, -0.2) is 9.59 Å². The Balaban J connectivity index is 2.65. The second kappa shape index (κ2) is 8.44. The van der Waals surface area contributed by atoms with Crippen molar-refractivity contribution in [2.45, 2.75) is 6.92 Å². The van der Waals surface area contributed by atoms with E-state index in [0.717, 1.165) is 4.47 Å². The summed E-state index contributed by atoms with van der Waals surface area (Å²) in [5, 5.41) is 12.1.